The van der Waals surface area contributed by atoms with Gasteiger partial charge >= 0.3 is 0 Å². The van der Waals surface area contributed by atoms with Crippen LogP contribution in [-0.2, 0) is 16.0 Å². The summed E-state index contributed by atoms with van der Waals surface area (Å²) in [7, 11) is 0. The molecule has 3 aromatic rings. The number of hydrogen-bond acceptors (Lipinski definition) is 3. The van der Waals surface area contributed by atoms with Crippen LogP contribution < -0.4 is 10.2 Å². The highest BCUT2D eigenvalue weighted by molar-refractivity contribution is 6.02. The number of anilines is 2. The van der Waals surface area contributed by atoms with E-state index in [1.807, 2.05) is 73.1 Å². The maximum absolute atomic E-state index is 12.8. The maximum atomic E-state index is 12.8. The lowest BCUT2D eigenvalue weighted by Gasteiger charge is -2.20. The highest BCUT2D eigenvalue weighted by atomic mass is 16.2. The Bertz CT molecular complexity index is 1060. The molecule has 6 heteroatoms. The van der Waals surface area contributed by atoms with Crippen LogP contribution in [0.5, 0.6) is 0 Å². The Kier molecular flexibility index (Phi) is 5.16. The number of nitrogens with one attached hydrogen (secondary N) is 1. The second kappa shape index (κ2) is 7.91. The van der Waals surface area contributed by atoms with Gasteiger partial charge in [0.1, 0.15) is 0 Å². The van der Waals surface area contributed by atoms with Crippen molar-refractivity contribution >= 4 is 23.2 Å². The second-order valence-electron chi connectivity index (χ2n) is 7.29. The Labute approximate surface area is 170 Å². The highest BCUT2D eigenvalue weighted by Crippen LogP contribution is 2.29. The van der Waals surface area contributed by atoms with Gasteiger partial charge in [-0.1, -0.05) is 30.3 Å². The normalized spacial score (nSPS) is 13.7. The third-order valence-electron chi connectivity index (χ3n) is 5.32. The summed E-state index contributed by atoms with van der Waals surface area (Å²) >= 11 is 0. The first kappa shape index (κ1) is 18.9. The van der Waals surface area contributed by atoms with Gasteiger partial charge in [0.05, 0.1) is 29.2 Å². The summed E-state index contributed by atoms with van der Waals surface area (Å²) in [6, 6.07) is 17.3. The molecule has 148 valence electrons. The zero-order valence-corrected chi connectivity index (χ0v) is 16.7. The van der Waals surface area contributed by atoms with Gasteiger partial charge in [0, 0.05) is 24.2 Å². The first-order chi connectivity index (χ1) is 14.0. The number of aryl methyl sites for hydroxylation is 1. The summed E-state index contributed by atoms with van der Waals surface area (Å²) in [6.45, 7) is 4.59. The molecule has 1 aliphatic rings. The lowest BCUT2D eigenvalue weighted by atomic mass is 10.1. The summed E-state index contributed by atoms with van der Waals surface area (Å²) in [5.74, 6) is -0.0227. The molecule has 1 saturated heterocycles. The van der Waals surface area contributed by atoms with Crippen LogP contribution >= 0.6 is 0 Å². The number of rotatable bonds is 5. The number of nitrogens with zero attached hydrogens (tertiary/aromatic N) is 3. The number of amides is 2. The van der Waals surface area contributed by atoms with Crippen LogP contribution in [0.15, 0.2) is 54.6 Å². The van der Waals surface area contributed by atoms with E-state index in [1.165, 1.54) is 0 Å². The molecule has 0 aliphatic carbocycles. The third kappa shape index (κ3) is 3.78. The van der Waals surface area contributed by atoms with E-state index in [4.69, 9.17) is 0 Å². The van der Waals surface area contributed by atoms with Gasteiger partial charge in [-0.3, -0.25) is 9.59 Å². The largest absolute Gasteiger partial charge is 0.324 e. The fraction of sp³-hybridized carbons (Fsp3) is 0.261. The first-order valence-electron chi connectivity index (χ1n) is 9.84. The van der Waals surface area contributed by atoms with Crippen LogP contribution in [0.1, 0.15) is 29.8 Å². The number of carbonyl (C=O) groups excluding carboxylic acids is 2. The molecule has 1 aromatic heterocycles. The van der Waals surface area contributed by atoms with E-state index in [1.54, 1.807) is 4.90 Å². The molecule has 2 amide bonds. The number of aromatic nitrogens is 2. The molecule has 1 N–H and O–H groups in total. The van der Waals surface area contributed by atoms with E-state index in [0.29, 0.717) is 18.7 Å². The fourth-order valence-corrected chi connectivity index (χ4v) is 3.82. The molecule has 2 heterocycles. The minimum Gasteiger partial charge on any atom is -0.324 e. The number of benzene rings is 2. The quantitative estimate of drug-likeness (QED) is 0.723. The molecular weight excluding hydrogens is 364 g/mol. The van der Waals surface area contributed by atoms with Crippen LogP contribution in [0.3, 0.4) is 0 Å². The summed E-state index contributed by atoms with van der Waals surface area (Å²) in [4.78, 5) is 26.7. The molecule has 2 aromatic carbocycles. The molecule has 0 radical (unpaired) electrons. The summed E-state index contributed by atoms with van der Waals surface area (Å²) < 4.78 is 1.87. The van der Waals surface area contributed by atoms with E-state index < -0.39 is 0 Å². The zero-order valence-electron chi connectivity index (χ0n) is 16.7. The van der Waals surface area contributed by atoms with Gasteiger partial charge in [-0.15, -0.1) is 0 Å². The summed E-state index contributed by atoms with van der Waals surface area (Å²) in [5, 5.41) is 7.60. The van der Waals surface area contributed by atoms with Crippen molar-refractivity contribution in [3.8, 4) is 5.69 Å². The SMILES string of the molecule is Cc1nn(-c2ccccc2)c(C)c1CC(=O)Nc1ccccc1N1CCCC1=O. The number of carbonyl (C=O) groups is 2. The Morgan fingerprint density at radius 3 is 2.52 bits per heavy atom. The maximum Gasteiger partial charge on any atom is 0.228 e. The molecular formula is C23H24N4O2. The monoisotopic (exact) mass is 388 g/mol. The minimum atomic E-state index is -0.122. The van der Waals surface area contributed by atoms with Crippen LogP contribution in [0.2, 0.25) is 0 Å². The van der Waals surface area contributed by atoms with Gasteiger partial charge in [0.2, 0.25) is 11.8 Å². The molecule has 4 rings (SSSR count). The molecule has 0 spiro atoms. The Morgan fingerprint density at radius 2 is 1.79 bits per heavy atom. The van der Waals surface area contributed by atoms with Crippen molar-refractivity contribution in [2.45, 2.75) is 33.1 Å². The van der Waals surface area contributed by atoms with E-state index in [9.17, 15) is 9.59 Å². The molecule has 0 unspecified atom stereocenters. The lowest BCUT2D eigenvalue weighted by Crippen LogP contribution is -2.26. The molecule has 0 atom stereocenters. The second-order valence-corrected chi connectivity index (χ2v) is 7.29. The van der Waals surface area contributed by atoms with Crippen molar-refractivity contribution in [1.82, 2.24) is 9.78 Å². The van der Waals surface area contributed by atoms with Gasteiger partial charge in [-0.25, -0.2) is 4.68 Å². The van der Waals surface area contributed by atoms with Crippen molar-refractivity contribution < 1.29 is 9.59 Å². The van der Waals surface area contributed by atoms with Crippen molar-refractivity contribution in [3.63, 3.8) is 0 Å². The highest BCUT2D eigenvalue weighted by Gasteiger charge is 2.24. The van der Waals surface area contributed by atoms with Gasteiger partial charge in [0.15, 0.2) is 0 Å². The van der Waals surface area contributed by atoms with Crippen LogP contribution in [0, 0.1) is 13.8 Å². The van der Waals surface area contributed by atoms with Gasteiger partial charge in [0.25, 0.3) is 0 Å². The van der Waals surface area contributed by atoms with Gasteiger partial charge < -0.3 is 10.2 Å². The van der Waals surface area contributed by atoms with E-state index in [2.05, 4.69) is 10.4 Å². The predicted octanol–water partition coefficient (Wildman–Crippen LogP) is 3.80. The molecule has 0 saturated carbocycles. The number of hydrogen-bond donors (Lipinski definition) is 1. The Balaban J connectivity index is 1.55. The van der Waals surface area contributed by atoms with Crippen molar-refractivity contribution in [2.75, 3.05) is 16.8 Å². The van der Waals surface area contributed by atoms with Crippen molar-refractivity contribution in [1.29, 1.82) is 0 Å². The third-order valence-corrected chi connectivity index (χ3v) is 5.32. The van der Waals surface area contributed by atoms with Gasteiger partial charge in [-0.2, -0.15) is 5.10 Å². The van der Waals surface area contributed by atoms with Crippen LogP contribution in [0.25, 0.3) is 5.69 Å². The summed E-state index contributed by atoms with van der Waals surface area (Å²) in [6.07, 6.45) is 1.63. The Morgan fingerprint density at radius 1 is 1.07 bits per heavy atom. The van der Waals surface area contributed by atoms with E-state index in [0.717, 1.165) is 34.7 Å². The minimum absolute atomic E-state index is 0.0996. The first-order valence-corrected chi connectivity index (χ1v) is 9.84. The van der Waals surface area contributed by atoms with Crippen molar-refractivity contribution in [2.24, 2.45) is 0 Å². The average Bonchev–Trinajstić information content (AvgIpc) is 3.27. The number of para-hydroxylation sites is 3. The van der Waals surface area contributed by atoms with E-state index >= 15 is 0 Å². The molecule has 1 aliphatic heterocycles. The standard InChI is InChI=1S/C23H24N4O2/c1-16-19(17(2)27(25-16)18-9-4-3-5-10-18)15-22(28)24-20-11-6-7-12-21(20)26-14-8-13-23(26)29/h3-7,9-12H,8,13-15H2,1-2H3,(H,24,28). The zero-order chi connectivity index (χ0) is 20.4. The van der Waals surface area contributed by atoms with Crippen LogP contribution in [0.4, 0.5) is 11.4 Å². The summed E-state index contributed by atoms with van der Waals surface area (Å²) in [5.41, 5.74) is 5.10. The van der Waals surface area contributed by atoms with Gasteiger partial charge in [-0.05, 0) is 44.5 Å². The van der Waals surface area contributed by atoms with Crippen LogP contribution in [-0.4, -0.2) is 28.1 Å². The smallest absolute Gasteiger partial charge is 0.228 e. The molecule has 1 fully saturated rings. The van der Waals surface area contributed by atoms with Crippen molar-refractivity contribution in [3.05, 3.63) is 71.5 Å². The lowest BCUT2D eigenvalue weighted by molar-refractivity contribution is -0.117. The molecule has 0 bridgehead atoms. The molecule has 29 heavy (non-hydrogen) atoms. The van der Waals surface area contributed by atoms with E-state index in [-0.39, 0.29) is 18.2 Å². The average molecular weight is 388 g/mol. The Hall–Kier alpha value is -3.41. The predicted molar refractivity (Wildman–Crippen MR) is 113 cm³/mol. The topological polar surface area (TPSA) is 67.2 Å². The fourth-order valence-electron chi connectivity index (χ4n) is 3.82. The molecule has 6 nitrogen and oxygen atoms in total.